The Morgan fingerprint density at radius 3 is 2.70 bits per heavy atom. The maximum Gasteiger partial charge on any atom is 0.511 e. The number of esters is 1. The van der Waals surface area contributed by atoms with Gasteiger partial charge in [0.1, 0.15) is 17.1 Å². The number of aliphatic hydroxyl groups is 1. The molecule has 1 fully saturated rings. The van der Waals surface area contributed by atoms with Gasteiger partial charge in [-0.3, -0.25) is 4.79 Å². The van der Waals surface area contributed by atoms with E-state index < -0.39 is 36.5 Å². The first-order valence-corrected chi connectivity index (χ1v) is 11.8. The fourth-order valence-electron chi connectivity index (χ4n) is 4.59. The molecule has 0 unspecified atom stereocenters. The zero-order valence-corrected chi connectivity index (χ0v) is 20.1. The van der Waals surface area contributed by atoms with Crippen molar-refractivity contribution >= 4 is 29.8 Å². The van der Waals surface area contributed by atoms with E-state index in [-0.39, 0.29) is 28.8 Å². The van der Waals surface area contributed by atoms with Crippen LogP contribution in [-0.4, -0.2) is 67.4 Å². The zero-order valence-electron chi connectivity index (χ0n) is 19.3. The Morgan fingerprint density at radius 2 is 2.06 bits per heavy atom. The first kappa shape index (κ1) is 23.6. The quantitative estimate of drug-likeness (QED) is 0.371. The molecule has 5 atom stereocenters. The lowest BCUT2D eigenvalue weighted by molar-refractivity contribution is -0.167. The number of ether oxygens (including phenoxy) is 3. The molecule has 3 aliphatic rings. The maximum atomic E-state index is 13.0. The Labute approximate surface area is 196 Å². The van der Waals surface area contributed by atoms with E-state index in [1.807, 2.05) is 13.1 Å². The van der Waals surface area contributed by atoms with Crippen LogP contribution in [-0.2, 0) is 36.8 Å². The lowest BCUT2D eigenvalue weighted by Crippen LogP contribution is -2.63. The predicted molar refractivity (Wildman–Crippen MR) is 118 cm³/mol. The highest BCUT2D eigenvalue weighted by atomic mass is 32.2. The van der Waals surface area contributed by atoms with E-state index in [1.165, 1.54) is 4.90 Å². The number of hydrogen-bond acceptors (Lipinski definition) is 9. The van der Waals surface area contributed by atoms with Gasteiger partial charge in [-0.15, -0.1) is 11.8 Å². The number of imidazole rings is 1. The standard InChI is InChI=1S/C22H29N3O7S/c1-11-16-15(12(2)26)19(27)25(16)17(20(28)30-10-31-21(29)32-22(3,4)5)18(11)33-13-8-14-23-6-7-24(14)9-13/h6-7,11-13,15-16,26H,8-10H2,1-5H3/t11-,12-,13-,15-,16-/m1/s1. The van der Waals surface area contributed by atoms with Gasteiger partial charge in [-0.1, -0.05) is 6.92 Å². The molecule has 4 rings (SSSR count). The van der Waals surface area contributed by atoms with Gasteiger partial charge in [-0.05, 0) is 27.7 Å². The van der Waals surface area contributed by atoms with Crippen LogP contribution in [0.4, 0.5) is 4.79 Å². The normalized spacial score (nSPS) is 27.1. The fourth-order valence-corrected chi connectivity index (χ4v) is 6.06. The number of fused-ring (bicyclic) bond motifs is 2. The summed E-state index contributed by atoms with van der Waals surface area (Å²) in [5.74, 6) is -0.789. The maximum absolute atomic E-state index is 13.0. The topological polar surface area (TPSA) is 120 Å². The highest BCUT2D eigenvalue weighted by molar-refractivity contribution is 8.03. The predicted octanol–water partition coefficient (Wildman–Crippen LogP) is 2.06. The molecule has 0 radical (unpaired) electrons. The van der Waals surface area contributed by atoms with Crippen molar-refractivity contribution in [1.82, 2.24) is 14.5 Å². The second-order valence-corrected chi connectivity index (χ2v) is 10.9. The minimum Gasteiger partial charge on any atom is -0.428 e. The lowest BCUT2D eigenvalue weighted by Gasteiger charge is -2.46. The number of thioether (sulfide) groups is 1. The molecule has 33 heavy (non-hydrogen) atoms. The molecule has 1 N–H and O–H groups in total. The molecule has 0 bridgehead atoms. The van der Waals surface area contributed by atoms with Crippen molar-refractivity contribution in [2.24, 2.45) is 11.8 Å². The van der Waals surface area contributed by atoms with Crippen LogP contribution in [0.15, 0.2) is 23.0 Å². The van der Waals surface area contributed by atoms with Crippen LogP contribution in [0.1, 0.15) is 40.4 Å². The highest BCUT2D eigenvalue weighted by Crippen LogP contribution is 2.52. The molecule has 11 heteroatoms. The van der Waals surface area contributed by atoms with Crippen LogP contribution in [0, 0.1) is 11.8 Å². The van der Waals surface area contributed by atoms with Crippen LogP contribution >= 0.6 is 11.8 Å². The Bertz CT molecular complexity index is 976. The minimum absolute atomic E-state index is 0.144. The fraction of sp³-hybridized carbons (Fsp3) is 0.636. The van der Waals surface area contributed by atoms with E-state index in [4.69, 9.17) is 14.2 Å². The summed E-state index contributed by atoms with van der Waals surface area (Å²) in [6, 6.07) is -0.312. The summed E-state index contributed by atoms with van der Waals surface area (Å²) in [7, 11) is 0. The van der Waals surface area contributed by atoms with E-state index in [0.29, 0.717) is 0 Å². The van der Waals surface area contributed by atoms with Gasteiger partial charge < -0.3 is 28.8 Å². The van der Waals surface area contributed by atoms with Gasteiger partial charge in [0, 0.05) is 41.4 Å². The number of amides is 1. The van der Waals surface area contributed by atoms with E-state index in [1.54, 1.807) is 45.7 Å². The Hall–Kier alpha value is -2.53. The van der Waals surface area contributed by atoms with Crippen molar-refractivity contribution in [3.63, 3.8) is 0 Å². The van der Waals surface area contributed by atoms with Crippen LogP contribution in [0.2, 0.25) is 0 Å². The monoisotopic (exact) mass is 479 g/mol. The van der Waals surface area contributed by atoms with Crippen molar-refractivity contribution in [2.45, 2.75) is 70.6 Å². The molecule has 4 heterocycles. The van der Waals surface area contributed by atoms with E-state index in [9.17, 15) is 19.5 Å². The number of aromatic nitrogens is 2. The third kappa shape index (κ3) is 4.48. The van der Waals surface area contributed by atoms with Crippen LogP contribution in [0.3, 0.4) is 0 Å². The summed E-state index contributed by atoms with van der Waals surface area (Å²) in [6.07, 6.45) is 2.65. The summed E-state index contributed by atoms with van der Waals surface area (Å²) in [5.41, 5.74) is -0.576. The van der Waals surface area contributed by atoms with E-state index >= 15 is 0 Å². The van der Waals surface area contributed by atoms with Crippen LogP contribution in [0.25, 0.3) is 0 Å². The molecular weight excluding hydrogens is 450 g/mol. The summed E-state index contributed by atoms with van der Waals surface area (Å²) in [4.78, 5) is 44.1. The summed E-state index contributed by atoms with van der Waals surface area (Å²) >= 11 is 1.54. The van der Waals surface area contributed by atoms with Gasteiger partial charge in [-0.25, -0.2) is 14.6 Å². The van der Waals surface area contributed by atoms with Gasteiger partial charge in [0.25, 0.3) is 0 Å². The SMILES string of the molecule is C[C@@H](O)[C@H]1C(=O)N2C(C(=O)OCOC(=O)OC(C)(C)C)=C(S[C@@H]3Cc4nccn4C3)[C@H](C)[C@H]12. The second-order valence-electron chi connectivity index (χ2n) is 9.56. The molecule has 0 aliphatic carbocycles. The molecule has 10 nitrogen and oxygen atoms in total. The first-order chi connectivity index (χ1) is 15.5. The molecule has 0 aromatic carbocycles. The molecule has 0 saturated carbocycles. The van der Waals surface area contributed by atoms with Crippen molar-refractivity contribution < 1.29 is 33.7 Å². The number of aliphatic hydroxyl groups excluding tert-OH is 1. The molecule has 1 saturated heterocycles. The summed E-state index contributed by atoms with van der Waals surface area (Å²) in [6.45, 7) is 8.73. The highest BCUT2D eigenvalue weighted by Gasteiger charge is 2.60. The lowest BCUT2D eigenvalue weighted by atomic mass is 9.79. The number of rotatable bonds is 6. The smallest absolute Gasteiger partial charge is 0.428 e. The Balaban J connectivity index is 1.49. The van der Waals surface area contributed by atoms with Gasteiger partial charge in [0.2, 0.25) is 12.7 Å². The van der Waals surface area contributed by atoms with Crippen LogP contribution < -0.4 is 0 Å². The number of β-lactam (4-membered cyclic amide) rings is 1. The molecule has 180 valence electrons. The third-order valence-electron chi connectivity index (χ3n) is 5.96. The number of carbonyl (C=O) groups excluding carboxylic acids is 3. The second kappa shape index (κ2) is 8.68. The van der Waals surface area contributed by atoms with Crippen LogP contribution in [0.5, 0.6) is 0 Å². The molecule has 1 amide bonds. The Kier molecular flexibility index (Phi) is 6.21. The van der Waals surface area contributed by atoms with Crippen molar-refractivity contribution in [3.05, 3.63) is 28.8 Å². The molecule has 1 aromatic rings. The first-order valence-electron chi connectivity index (χ1n) is 10.9. The average Bonchev–Trinajstić information content (AvgIpc) is 3.33. The largest absolute Gasteiger partial charge is 0.511 e. The zero-order chi connectivity index (χ0) is 24.1. The number of carbonyl (C=O) groups is 3. The van der Waals surface area contributed by atoms with Crippen molar-refractivity contribution in [2.75, 3.05) is 6.79 Å². The molecule has 1 aromatic heterocycles. The minimum atomic E-state index is -0.953. The van der Waals surface area contributed by atoms with Gasteiger partial charge in [0.05, 0.1) is 18.1 Å². The molecule has 3 aliphatic heterocycles. The van der Waals surface area contributed by atoms with Gasteiger partial charge in [-0.2, -0.15) is 0 Å². The third-order valence-corrected chi connectivity index (χ3v) is 7.43. The number of hydrogen-bond donors (Lipinski definition) is 1. The number of nitrogens with zero attached hydrogens (tertiary/aromatic N) is 3. The molecular formula is C22H29N3O7S. The molecule has 0 spiro atoms. The van der Waals surface area contributed by atoms with E-state index in [2.05, 4.69) is 9.55 Å². The summed E-state index contributed by atoms with van der Waals surface area (Å²) in [5, 5.41) is 10.3. The van der Waals surface area contributed by atoms with Crippen molar-refractivity contribution in [1.29, 1.82) is 0 Å². The van der Waals surface area contributed by atoms with Gasteiger partial charge in [0.15, 0.2) is 0 Å². The van der Waals surface area contributed by atoms with E-state index in [0.717, 1.165) is 23.7 Å². The summed E-state index contributed by atoms with van der Waals surface area (Å²) < 4.78 is 17.1. The average molecular weight is 480 g/mol. The van der Waals surface area contributed by atoms with Crippen molar-refractivity contribution in [3.8, 4) is 0 Å². The van der Waals surface area contributed by atoms with Gasteiger partial charge >= 0.3 is 12.1 Å². The Morgan fingerprint density at radius 1 is 1.33 bits per heavy atom.